The average molecular weight is 466 g/mol. The van der Waals surface area contributed by atoms with Gasteiger partial charge in [-0.15, -0.1) is 0 Å². The molecule has 1 fully saturated rings. The third-order valence-corrected chi connectivity index (χ3v) is 6.26. The van der Waals surface area contributed by atoms with Crippen LogP contribution in [-0.2, 0) is 16.9 Å². The first-order chi connectivity index (χ1) is 15.7. The maximum atomic E-state index is 14.9. The molecule has 3 heterocycles. The predicted octanol–water partition coefficient (Wildman–Crippen LogP) is 4.27. The molecular formula is C24H30F3N3O3. The molecule has 0 radical (unpaired) electrons. The molecule has 4 rings (SSSR count). The van der Waals surface area contributed by atoms with E-state index in [0.717, 1.165) is 5.56 Å². The lowest BCUT2D eigenvalue weighted by atomic mass is 9.79. The summed E-state index contributed by atoms with van der Waals surface area (Å²) < 4.78 is 52.1. The fraction of sp³-hybridized carbons (Fsp3) is 0.542. The van der Waals surface area contributed by atoms with Crippen LogP contribution in [0.15, 0.2) is 30.5 Å². The maximum Gasteiger partial charge on any atom is 0.280 e. The van der Waals surface area contributed by atoms with Crippen LogP contribution in [0.5, 0.6) is 5.75 Å². The van der Waals surface area contributed by atoms with E-state index in [2.05, 4.69) is 10.3 Å². The van der Waals surface area contributed by atoms with Gasteiger partial charge in [-0.1, -0.05) is 6.07 Å². The van der Waals surface area contributed by atoms with Gasteiger partial charge < -0.3 is 24.8 Å². The van der Waals surface area contributed by atoms with Crippen LogP contribution in [0.25, 0.3) is 0 Å². The van der Waals surface area contributed by atoms with Crippen molar-refractivity contribution >= 4 is 5.69 Å². The number of rotatable bonds is 6. The molecule has 2 aliphatic heterocycles. The lowest BCUT2D eigenvalue weighted by molar-refractivity contribution is -0.0290. The largest absolute Gasteiger partial charge is 0.492 e. The summed E-state index contributed by atoms with van der Waals surface area (Å²) in [6.07, 6.45) is -0.617. The van der Waals surface area contributed by atoms with Crippen LogP contribution in [0.4, 0.5) is 18.9 Å². The number of hydrogen-bond acceptors (Lipinski definition) is 6. The van der Waals surface area contributed by atoms with Crippen LogP contribution in [0.1, 0.15) is 56.9 Å². The molecule has 1 aromatic heterocycles. The Balaban J connectivity index is 1.47. The molecule has 180 valence electrons. The van der Waals surface area contributed by atoms with E-state index < -0.39 is 12.0 Å². The van der Waals surface area contributed by atoms with E-state index in [0.29, 0.717) is 43.2 Å². The van der Waals surface area contributed by atoms with Crippen molar-refractivity contribution in [3.8, 4) is 5.75 Å². The second-order valence-corrected chi connectivity index (χ2v) is 9.24. The van der Waals surface area contributed by atoms with Crippen LogP contribution in [0, 0.1) is 5.82 Å². The number of alkyl halides is 2. The Labute approximate surface area is 191 Å². The van der Waals surface area contributed by atoms with Crippen molar-refractivity contribution in [2.24, 2.45) is 0 Å². The van der Waals surface area contributed by atoms with Crippen molar-refractivity contribution in [3.05, 3.63) is 53.1 Å². The zero-order chi connectivity index (χ0) is 23.8. The van der Waals surface area contributed by atoms with Crippen molar-refractivity contribution in [2.75, 3.05) is 18.2 Å². The van der Waals surface area contributed by atoms with E-state index in [9.17, 15) is 18.3 Å². The van der Waals surface area contributed by atoms with Gasteiger partial charge in [0.15, 0.2) is 5.82 Å². The molecule has 0 unspecified atom stereocenters. The average Bonchev–Trinajstić information content (AvgIpc) is 2.76. The molecule has 0 saturated carbocycles. The van der Waals surface area contributed by atoms with Gasteiger partial charge in [0.25, 0.3) is 6.43 Å². The number of piperidine rings is 1. The highest BCUT2D eigenvalue weighted by Crippen LogP contribution is 2.37. The maximum absolute atomic E-state index is 14.9. The number of nitrogens with one attached hydrogen (secondary N) is 1. The second-order valence-electron chi connectivity index (χ2n) is 9.24. The highest BCUT2D eigenvalue weighted by molar-refractivity contribution is 5.58. The molecule has 0 amide bonds. The Bertz CT molecular complexity index is 973. The van der Waals surface area contributed by atoms with Gasteiger partial charge in [0.2, 0.25) is 0 Å². The van der Waals surface area contributed by atoms with Gasteiger partial charge >= 0.3 is 0 Å². The molecule has 3 atom stereocenters. The third kappa shape index (κ3) is 5.10. The molecule has 2 aliphatic rings. The summed E-state index contributed by atoms with van der Waals surface area (Å²) in [5.41, 5.74) is 0.229. The summed E-state index contributed by atoms with van der Waals surface area (Å²) in [7, 11) is 0. The first-order valence-electron chi connectivity index (χ1n) is 11.2. The first kappa shape index (κ1) is 23.8. The van der Waals surface area contributed by atoms with Crippen LogP contribution in [0.2, 0.25) is 0 Å². The fourth-order valence-corrected chi connectivity index (χ4v) is 4.74. The number of benzene rings is 1. The second kappa shape index (κ2) is 9.48. The molecule has 1 aromatic carbocycles. The smallest absolute Gasteiger partial charge is 0.280 e. The monoisotopic (exact) mass is 465 g/mol. The van der Waals surface area contributed by atoms with Gasteiger partial charge in [0.1, 0.15) is 24.8 Å². The van der Waals surface area contributed by atoms with Crippen LogP contribution in [-0.4, -0.2) is 41.6 Å². The number of aromatic nitrogens is 1. The van der Waals surface area contributed by atoms with Gasteiger partial charge in [-0.25, -0.2) is 13.2 Å². The Morgan fingerprint density at radius 2 is 2.09 bits per heavy atom. The Hall–Kier alpha value is -2.36. The molecule has 0 bridgehead atoms. The summed E-state index contributed by atoms with van der Waals surface area (Å²) in [5, 5.41) is 14.7. The van der Waals surface area contributed by atoms with Crippen molar-refractivity contribution in [3.63, 3.8) is 0 Å². The number of aliphatic hydroxyl groups is 1. The van der Waals surface area contributed by atoms with E-state index in [4.69, 9.17) is 9.47 Å². The summed E-state index contributed by atoms with van der Waals surface area (Å²) in [4.78, 5) is 5.66. The topological polar surface area (TPSA) is 66.9 Å². The van der Waals surface area contributed by atoms with Crippen molar-refractivity contribution in [1.29, 1.82) is 0 Å². The van der Waals surface area contributed by atoms with Gasteiger partial charge in [0, 0.05) is 41.5 Å². The van der Waals surface area contributed by atoms with Crippen LogP contribution < -0.4 is 15.0 Å². The normalized spacial score (nSPS) is 25.4. The molecular weight excluding hydrogens is 435 g/mol. The number of anilines is 1. The lowest BCUT2D eigenvalue weighted by Gasteiger charge is -2.41. The number of fused-ring (bicyclic) bond motifs is 1. The molecule has 33 heavy (non-hydrogen) atoms. The van der Waals surface area contributed by atoms with E-state index in [1.807, 2.05) is 25.7 Å². The first-order valence-corrected chi connectivity index (χ1v) is 11.2. The highest BCUT2D eigenvalue weighted by atomic mass is 19.3. The fourth-order valence-electron chi connectivity index (χ4n) is 4.74. The molecule has 9 heteroatoms. The lowest BCUT2D eigenvalue weighted by Crippen LogP contribution is -2.53. The zero-order valence-corrected chi connectivity index (χ0v) is 19.0. The summed E-state index contributed by atoms with van der Waals surface area (Å²) in [6.45, 7) is 6.77. The van der Waals surface area contributed by atoms with E-state index in [-0.39, 0.29) is 36.2 Å². The van der Waals surface area contributed by atoms with E-state index >= 15 is 0 Å². The molecule has 2 N–H and O–H groups in total. The highest BCUT2D eigenvalue weighted by Gasteiger charge is 2.39. The number of halogens is 3. The number of pyridine rings is 1. The standard InChI is InChI=1S/C24H30F3N3O3/c1-14(2)30-13-32-11-16-6-19(7-20(25)22(16)30)33-12-18-9-24(31,8-15(3)29-18)17-4-5-21(23(26)27)28-10-17/h4-7,10,14-15,18,23,29,31H,8-9,11-13H2,1-3H3/t15-,18-,24-/m0/s1. The minimum absolute atomic E-state index is 0.0413. The minimum Gasteiger partial charge on any atom is -0.492 e. The van der Waals surface area contributed by atoms with E-state index in [1.54, 1.807) is 6.07 Å². The quantitative estimate of drug-likeness (QED) is 0.664. The van der Waals surface area contributed by atoms with E-state index in [1.165, 1.54) is 24.4 Å². The number of ether oxygens (including phenoxy) is 2. The van der Waals surface area contributed by atoms with Crippen LogP contribution in [0.3, 0.4) is 0 Å². The van der Waals surface area contributed by atoms with Gasteiger partial charge in [-0.3, -0.25) is 4.98 Å². The SMILES string of the molecule is CC(C)N1COCc2cc(OC[C@@H]3C[C@](O)(c4ccc(C(F)F)nc4)C[C@H](C)N3)cc(F)c21. The predicted molar refractivity (Wildman–Crippen MR) is 118 cm³/mol. The Morgan fingerprint density at radius 3 is 2.76 bits per heavy atom. The Kier molecular flexibility index (Phi) is 6.83. The van der Waals surface area contributed by atoms with Gasteiger partial charge in [-0.05, 0) is 45.7 Å². The van der Waals surface area contributed by atoms with Crippen molar-refractivity contribution in [1.82, 2.24) is 10.3 Å². The van der Waals surface area contributed by atoms with Crippen molar-refractivity contribution < 1.29 is 27.8 Å². The van der Waals surface area contributed by atoms with Crippen LogP contribution >= 0.6 is 0 Å². The molecule has 1 saturated heterocycles. The number of hydrogen-bond donors (Lipinski definition) is 2. The van der Waals surface area contributed by atoms with Gasteiger partial charge in [0.05, 0.1) is 17.9 Å². The molecule has 0 aliphatic carbocycles. The summed E-state index contributed by atoms with van der Waals surface area (Å²) in [6, 6.07) is 5.75. The Morgan fingerprint density at radius 1 is 1.30 bits per heavy atom. The van der Waals surface area contributed by atoms with Gasteiger partial charge in [-0.2, -0.15) is 0 Å². The summed E-state index contributed by atoms with van der Waals surface area (Å²) in [5.74, 6) is 0.0400. The molecule has 2 aromatic rings. The molecule has 0 spiro atoms. The van der Waals surface area contributed by atoms with Crippen molar-refractivity contribution in [2.45, 2.75) is 70.4 Å². The third-order valence-electron chi connectivity index (χ3n) is 6.26. The number of nitrogens with zero attached hydrogens (tertiary/aromatic N) is 2. The molecule has 6 nitrogen and oxygen atoms in total. The summed E-state index contributed by atoms with van der Waals surface area (Å²) >= 11 is 0. The minimum atomic E-state index is -2.66. The zero-order valence-electron chi connectivity index (χ0n) is 19.0.